The van der Waals surface area contributed by atoms with Gasteiger partial charge in [-0.1, -0.05) is 12.7 Å². The normalized spacial score (nSPS) is 9.33. The fourth-order valence-corrected chi connectivity index (χ4v) is 0.654. The van der Waals surface area contributed by atoms with Crippen LogP contribution in [0.1, 0.15) is 10.6 Å². The molecule has 1 N–H and O–H groups in total. The first kappa shape index (κ1) is 8.39. The summed E-state index contributed by atoms with van der Waals surface area (Å²) < 4.78 is 9.72. The van der Waals surface area contributed by atoms with E-state index >= 15 is 0 Å². The van der Waals surface area contributed by atoms with Gasteiger partial charge in [0.2, 0.25) is 5.76 Å². The van der Waals surface area contributed by atoms with E-state index in [1.165, 1.54) is 12.1 Å². The molecule has 0 bridgehead atoms. The first-order valence-electron chi connectivity index (χ1n) is 3.31. The van der Waals surface area contributed by atoms with Crippen LogP contribution < -0.4 is 4.74 Å². The van der Waals surface area contributed by atoms with E-state index in [4.69, 9.17) is 14.3 Å². The summed E-state index contributed by atoms with van der Waals surface area (Å²) >= 11 is 0. The minimum Gasteiger partial charge on any atom is -0.475 e. The van der Waals surface area contributed by atoms with Gasteiger partial charge in [0.1, 0.15) is 6.61 Å². The second-order valence-electron chi connectivity index (χ2n) is 2.02. The first-order valence-corrected chi connectivity index (χ1v) is 3.31. The topological polar surface area (TPSA) is 59.7 Å². The zero-order chi connectivity index (χ0) is 8.97. The molecular formula is C8H8O4. The molecule has 1 aromatic rings. The van der Waals surface area contributed by atoms with Crippen LogP contribution in [0.5, 0.6) is 5.95 Å². The SMILES string of the molecule is C=CCOc1ccc(C(=O)O)o1. The molecule has 4 nitrogen and oxygen atoms in total. The zero-order valence-corrected chi connectivity index (χ0v) is 6.32. The predicted octanol–water partition coefficient (Wildman–Crippen LogP) is 1.54. The Morgan fingerprint density at radius 2 is 2.50 bits per heavy atom. The van der Waals surface area contributed by atoms with Crippen molar-refractivity contribution in [3.8, 4) is 5.95 Å². The number of carboxylic acid groups (broad SMARTS) is 1. The van der Waals surface area contributed by atoms with Gasteiger partial charge < -0.3 is 14.3 Å². The van der Waals surface area contributed by atoms with Crippen molar-refractivity contribution in [1.82, 2.24) is 0 Å². The van der Waals surface area contributed by atoms with Crippen LogP contribution in [-0.4, -0.2) is 17.7 Å². The molecule has 0 saturated carbocycles. The van der Waals surface area contributed by atoms with E-state index in [0.29, 0.717) is 6.61 Å². The van der Waals surface area contributed by atoms with E-state index in [2.05, 4.69) is 6.58 Å². The second-order valence-corrected chi connectivity index (χ2v) is 2.02. The van der Waals surface area contributed by atoms with Crippen molar-refractivity contribution in [1.29, 1.82) is 0 Å². The van der Waals surface area contributed by atoms with E-state index in [0.717, 1.165) is 0 Å². The Kier molecular flexibility index (Phi) is 2.53. The molecule has 0 aliphatic heterocycles. The van der Waals surface area contributed by atoms with Crippen LogP contribution in [0.15, 0.2) is 29.2 Å². The number of aromatic carboxylic acids is 1. The Balaban J connectivity index is 2.64. The van der Waals surface area contributed by atoms with Crippen LogP contribution >= 0.6 is 0 Å². The van der Waals surface area contributed by atoms with Gasteiger partial charge in [-0.25, -0.2) is 4.79 Å². The highest BCUT2D eigenvalue weighted by Gasteiger charge is 2.08. The average molecular weight is 168 g/mol. The molecule has 0 aromatic carbocycles. The number of carbonyl (C=O) groups is 1. The Bertz CT molecular complexity index is 287. The van der Waals surface area contributed by atoms with Gasteiger partial charge in [-0.2, -0.15) is 0 Å². The van der Waals surface area contributed by atoms with Crippen LogP contribution in [0, 0.1) is 0 Å². The van der Waals surface area contributed by atoms with Crippen molar-refractivity contribution in [3.63, 3.8) is 0 Å². The summed E-state index contributed by atoms with van der Waals surface area (Å²) in [6.45, 7) is 3.73. The molecule has 64 valence electrons. The van der Waals surface area contributed by atoms with Crippen molar-refractivity contribution >= 4 is 5.97 Å². The van der Waals surface area contributed by atoms with Gasteiger partial charge in [0.25, 0.3) is 5.95 Å². The molecule has 0 spiro atoms. The molecule has 12 heavy (non-hydrogen) atoms. The standard InChI is InChI=1S/C8H8O4/c1-2-5-11-7-4-3-6(12-7)8(9)10/h2-4H,1,5H2,(H,9,10). The van der Waals surface area contributed by atoms with Gasteiger partial charge in [-0.3, -0.25) is 0 Å². The van der Waals surface area contributed by atoms with Crippen molar-refractivity contribution in [2.75, 3.05) is 6.61 Å². The van der Waals surface area contributed by atoms with E-state index in [1.54, 1.807) is 6.08 Å². The quantitative estimate of drug-likeness (QED) is 0.693. The van der Waals surface area contributed by atoms with Gasteiger partial charge in [-0.15, -0.1) is 0 Å². The number of furan rings is 1. The summed E-state index contributed by atoms with van der Waals surface area (Å²) in [5.74, 6) is -1.05. The van der Waals surface area contributed by atoms with Crippen molar-refractivity contribution < 1.29 is 19.1 Å². The van der Waals surface area contributed by atoms with Crippen molar-refractivity contribution in [2.24, 2.45) is 0 Å². The molecule has 0 saturated heterocycles. The number of rotatable bonds is 4. The van der Waals surface area contributed by atoms with Crippen LogP contribution in [-0.2, 0) is 0 Å². The van der Waals surface area contributed by atoms with E-state index in [1.807, 2.05) is 0 Å². The molecule has 0 aliphatic carbocycles. The third kappa shape index (κ3) is 1.88. The third-order valence-corrected chi connectivity index (χ3v) is 1.14. The minimum absolute atomic E-state index is 0.130. The van der Waals surface area contributed by atoms with E-state index < -0.39 is 5.97 Å². The van der Waals surface area contributed by atoms with Crippen LogP contribution in [0.3, 0.4) is 0 Å². The lowest BCUT2D eigenvalue weighted by Crippen LogP contribution is -1.93. The summed E-state index contributed by atoms with van der Waals surface area (Å²) in [6.07, 6.45) is 1.54. The van der Waals surface area contributed by atoms with E-state index in [9.17, 15) is 4.79 Å². The highest BCUT2D eigenvalue weighted by Crippen LogP contribution is 2.15. The lowest BCUT2D eigenvalue weighted by molar-refractivity contribution is 0.0654. The molecule has 0 amide bonds. The van der Waals surface area contributed by atoms with Crippen LogP contribution in [0.4, 0.5) is 0 Å². The maximum Gasteiger partial charge on any atom is 0.371 e. The van der Waals surface area contributed by atoms with Gasteiger partial charge in [-0.05, 0) is 6.07 Å². The monoisotopic (exact) mass is 168 g/mol. The molecule has 0 atom stereocenters. The average Bonchev–Trinajstić information content (AvgIpc) is 2.48. The van der Waals surface area contributed by atoms with Crippen molar-refractivity contribution in [3.05, 3.63) is 30.5 Å². The minimum atomic E-state index is -1.11. The number of carboxylic acids is 1. The molecule has 1 aromatic heterocycles. The molecule has 0 radical (unpaired) electrons. The molecule has 1 heterocycles. The Morgan fingerprint density at radius 3 is 3.00 bits per heavy atom. The Labute approximate surface area is 69.1 Å². The first-order chi connectivity index (χ1) is 5.74. The predicted molar refractivity (Wildman–Crippen MR) is 41.4 cm³/mol. The van der Waals surface area contributed by atoms with Crippen molar-refractivity contribution in [2.45, 2.75) is 0 Å². The van der Waals surface area contributed by atoms with Gasteiger partial charge >= 0.3 is 5.97 Å². The number of ether oxygens (including phenoxy) is 1. The lowest BCUT2D eigenvalue weighted by atomic mass is 10.5. The summed E-state index contributed by atoms with van der Waals surface area (Å²) in [5, 5.41) is 8.45. The molecule has 4 heteroatoms. The number of hydrogen-bond donors (Lipinski definition) is 1. The summed E-state index contributed by atoms with van der Waals surface area (Å²) in [4.78, 5) is 10.3. The smallest absolute Gasteiger partial charge is 0.371 e. The highest BCUT2D eigenvalue weighted by atomic mass is 16.6. The summed E-state index contributed by atoms with van der Waals surface area (Å²) in [7, 11) is 0. The fourth-order valence-electron chi connectivity index (χ4n) is 0.654. The Morgan fingerprint density at radius 1 is 1.75 bits per heavy atom. The maximum absolute atomic E-state index is 10.3. The molecule has 0 unspecified atom stereocenters. The third-order valence-electron chi connectivity index (χ3n) is 1.14. The van der Waals surface area contributed by atoms with Gasteiger partial charge in [0.15, 0.2) is 0 Å². The fraction of sp³-hybridized carbons (Fsp3) is 0.125. The van der Waals surface area contributed by atoms with E-state index in [-0.39, 0.29) is 11.7 Å². The largest absolute Gasteiger partial charge is 0.475 e. The second kappa shape index (κ2) is 3.61. The van der Waals surface area contributed by atoms with Crippen LogP contribution in [0.25, 0.3) is 0 Å². The Hall–Kier alpha value is -1.71. The molecule has 0 aliphatic rings. The number of hydrogen-bond acceptors (Lipinski definition) is 3. The lowest BCUT2D eigenvalue weighted by Gasteiger charge is -1.95. The van der Waals surface area contributed by atoms with Gasteiger partial charge in [0.05, 0.1) is 0 Å². The van der Waals surface area contributed by atoms with Crippen LogP contribution in [0.2, 0.25) is 0 Å². The maximum atomic E-state index is 10.3. The molecule has 0 fully saturated rings. The zero-order valence-electron chi connectivity index (χ0n) is 6.32. The molecule has 1 rings (SSSR count). The molecular weight excluding hydrogens is 160 g/mol. The summed E-state index contributed by atoms with van der Waals surface area (Å²) in [6, 6.07) is 2.79. The van der Waals surface area contributed by atoms with Gasteiger partial charge in [0, 0.05) is 6.07 Å². The highest BCUT2D eigenvalue weighted by molar-refractivity contribution is 5.84. The summed E-state index contributed by atoms with van der Waals surface area (Å²) in [5.41, 5.74) is 0.